The van der Waals surface area contributed by atoms with Gasteiger partial charge >= 0.3 is 6.03 Å². The van der Waals surface area contributed by atoms with Crippen molar-refractivity contribution in [3.8, 4) is 0 Å². The highest BCUT2D eigenvalue weighted by molar-refractivity contribution is 7.17. The van der Waals surface area contributed by atoms with E-state index in [1.54, 1.807) is 17.5 Å². The second-order valence-corrected chi connectivity index (χ2v) is 5.84. The molecule has 0 bridgehead atoms. The highest BCUT2D eigenvalue weighted by Gasteiger charge is 2.32. The van der Waals surface area contributed by atoms with Gasteiger partial charge in [0.25, 0.3) is 0 Å². The molecule has 0 atom stereocenters. The number of nitrogens with zero attached hydrogens (tertiary/aromatic N) is 5. The second kappa shape index (κ2) is 6.23. The molecule has 1 aromatic heterocycles. The molecule has 0 saturated carbocycles. The summed E-state index contributed by atoms with van der Waals surface area (Å²) in [6.45, 7) is 0.340. The lowest BCUT2D eigenvalue weighted by Crippen LogP contribution is -2.52. The van der Waals surface area contributed by atoms with Crippen LogP contribution in [0.5, 0.6) is 0 Å². The number of hydrogen-bond donors (Lipinski definition) is 0. The van der Waals surface area contributed by atoms with Crippen LogP contribution in [-0.4, -0.2) is 36.5 Å². The van der Waals surface area contributed by atoms with Gasteiger partial charge in [0.1, 0.15) is 12.4 Å². The number of urea groups is 1. The van der Waals surface area contributed by atoms with Crippen LogP contribution in [0.3, 0.4) is 0 Å². The summed E-state index contributed by atoms with van der Waals surface area (Å²) < 4.78 is 14.3. The summed E-state index contributed by atoms with van der Waals surface area (Å²) in [5.74, 6) is -0.872. The zero-order chi connectivity index (χ0) is 16.4. The van der Waals surface area contributed by atoms with Gasteiger partial charge in [-0.3, -0.25) is 14.6 Å². The number of carbonyl (C=O) groups excluding carboxylic acids is 2. The summed E-state index contributed by atoms with van der Waals surface area (Å²) in [5, 5.41) is 5.56. The predicted octanol–water partition coefficient (Wildman–Crippen LogP) is 3.51. The molecule has 0 spiro atoms. The van der Waals surface area contributed by atoms with E-state index in [2.05, 4.69) is 10.0 Å². The monoisotopic (exact) mass is 333 g/mol. The van der Waals surface area contributed by atoms with E-state index in [9.17, 15) is 14.0 Å². The number of carbonyl (C=O) groups is 2. The van der Waals surface area contributed by atoms with Crippen LogP contribution in [0.15, 0.2) is 28.7 Å². The average molecular weight is 333 g/mol. The molecule has 2 heterocycles. The van der Waals surface area contributed by atoms with Crippen molar-refractivity contribution >= 4 is 39.0 Å². The molecule has 0 unspecified atom stereocenters. The molecule has 1 aromatic carbocycles. The minimum absolute atomic E-state index is 0.283. The van der Waals surface area contributed by atoms with Crippen molar-refractivity contribution in [3.63, 3.8) is 0 Å². The zero-order valence-corrected chi connectivity index (χ0v) is 12.8. The second-order valence-electron chi connectivity index (χ2n) is 4.96. The first-order chi connectivity index (χ1) is 11.1. The Morgan fingerprint density at radius 1 is 1.43 bits per heavy atom. The Hall–Kier alpha value is -2.64. The highest BCUT2D eigenvalue weighted by atomic mass is 32.1. The summed E-state index contributed by atoms with van der Waals surface area (Å²) in [7, 11) is 0. The van der Waals surface area contributed by atoms with Crippen molar-refractivity contribution in [2.75, 3.05) is 24.5 Å². The van der Waals surface area contributed by atoms with Gasteiger partial charge < -0.3 is 0 Å². The Kier molecular flexibility index (Phi) is 4.14. The highest BCUT2D eigenvalue weighted by Crippen LogP contribution is 2.35. The molecule has 23 heavy (non-hydrogen) atoms. The smallest absolute Gasteiger partial charge is 0.292 e. The Bertz CT molecular complexity index is 830. The van der Waals surface area contributed by atoms with Crippen molar-refractivity contribution in [2.24, 2.45) is 5.11 Å². The first-order valence-electron chi connectivity index (χ1n) is 6.92. The number of fused-ring (bicyclic) bond motifs is 1. The van der Waals surface area contributed by atoms with Crippen LogP contribution < -0.4 is 4.90 Å². The van der Waals surface area contributed by atoms with Gasteiger partial charge in [-0.05, 0) is 18.0 Å². The van der Waals surface area contributed by atoms with E-state index in [-0.39, 0.29) is 12.4 Å². The predicted molar refractivity (Wildman–Crippen MR) is 84.9 cm³/mol. The van der Waals surface area contributed by atoms with Gasteiger partial charge in [-0.2, -0.15) is 0 Å². The fourth-order valence-corrected chi connectivity index (χ4v) is 3.54. The van der Waals surface area contributed by atoms with E-state index in [1.807, 2.05) is 0 Å². The maximum atomic E-state index is 13.8. The van der Waals surface area contributed by atoms with E-state index in [0.29, 0.717) is 28.7 Å². The molecule has 1 aliphatic heterocycles. The lowest BCUT2D eigenvalue weighted by Gasteiger charge is -2.33. The van der Waals surface area contributed by atoms with Gasteiger partial charge in [-0.1, -0.05) is 17.2 Å². The minimum atomic E-state index is -0.539. The van der Waals surface area contributed by atoms with Gasteiger partial charge in [0.2, 0.25) is 5.91 Å². The van der Waals surface area contributed by atoms with Crippen molar-refractivity contribution in [1.82, 2.24) is 4.90 Å². The van der Waals surface area contributed by atoms with Gasteiger partial charge in [-0.25, -0.2) is 9.18 Å². The Labute approximate surface area is 134 Å². The minimum Gasteiger partial charge on any atom is -0.292 e. The number of benzene rings is 1. The fourth-order valence-electron chi connectivity index (χ4n) is 2.57. The summed E-state index contributed by atoms with van der Waals surface area (Å²) in [6, 6.07) is 4.24. The largest absolute Gasteiger partial charge is 0.331 e. The fraction of sp³-hybridized carbons (Fsp3) is 0.286. The SMILES string of the molecule is [N-]=[N+]=NCC(=O)N1CCCN(c2csc3c(F)cccc23)C1=O. The van der Waals surface area contributed by atoms with E-state index < -0.39 is 18.5 Å². The molecule has 0 radical (unpaired) electrons. The van der Waals surface area contributed by atoms with Crippen LogP contribution >= 0.6 is 11.3 Å². The third kappa shape index (κ3) is 2.71. The summed E-state index contributed by atoms with van der Waals surface area (Å²) in [5.41, 5.74) is 8.88. The van der Waals surface area contributed by atoms with Gasteiger partial charge in [0.15, 0.2) is 0 Å². The van der Waals surface area contributed by atoms with Gasteiger partial charge in [0, 0.05) is 28.8 Å². The maximum absolute atomic E-state index is 13.8. The number of imide groups is 1. The van der Waals surface area contributed by atoms with Crippen molar-refractivity contribution in [3.05, 3.63) is 39.8 Å². The van der Waals surface area contributed by atoms with E-state index in [0.717, 1.165) is 4.90 Å². The number of halogens is 1. The molecule has 9 heteroatoms. The van der Waals surface area contributed by atoms with Crippen molar-refractivity contribution in [2.45, 2.75) is 6.42 Å². The molecule has 0 N–H and O–H groups in total. The quantitative estimate of drug-likeness (QED) is 0.488. The summed E-state index contributed by atoms with van der Waals surface area (Å²) in [6.07, 6.45) is 0.598. The Balaban J connectivity index is 1.92. The molecule has 7 nitrogen and oxygen atoms in total. The molecule has 118 valence electrons. The third-order valence-electron chi connectivity index (χ3n) is 3.62. The van der Waals surface area contributed by atoms with Crippen LogP contribution in [-0.2, 0) is 4.79 Å². The zero-order valence-electron chi connectivity index (χ0n) is 12.0. The summed E-state index contributed by atoms with van der Waals surface area (Å²) in [4.78, 5) is 29.6. The number of anilines is 1. The molecule has 2 aromatic rings. The van der Waals surface area contributed by atoms with Crippen molar-refractivity contribution in [1.29, 1.82) is 0 Å². The number of amides is 3. The first-order valence-corrected chi connectivity index (χ1v) is 7.80. The van der Waals surface area contributed by atoms with Crippen molar-refractivity contribution < 1.29 is 14.0 Å². The van der Waals surface area contributed by atoms with E-state index in [1.165, 1.54) is 22.3 Å². The van der Waals surface area contributed by atoms with E-state index in [4.69, 9.17) is 5.53 Å². The topological polar surface area (TPSA) is 89.4 Å². The van der Waals surface area contributed by atoms with Crippen LogP contribution in [0.2, 0.25) is 0 Å². The van der Waals surface area contributed by atoms with E-state index >= 15 is 0 Å². The molecule has 0 aliphatic carbocycles. The molecule has 3 amide bonds. The van der Waals surface area contributed by atoms with Gasteiger partial charge in [0.05, 0.1) is 10.4 Å². The number of thiophene rings is 1. The average Bonchev–Trinajstić information content (AvgIpc) is 2.98. The third-order valence-corrected chi connectivity index (χ3v) is 4.61. The standard InChI is InChI=1S/C14H12FN5O2S/c15-10-4-1-3-9-11(8-23-13(9)10)19-5-2-6-20(14(19)22)12(21)7-17-18-16/h1,3-4,8H,2,5-7H2. The van der Waals surface area contributed by atoms with Crippen LogP contribution in [0.1, 0.15) is 6.42 Å². The number of hydrogen-bond acceptors (Lipinski definition) is 4. The van der Waals surface area contributed by atoms with Crippen LogP contribution in [0.4, 0.5) is 14.9 Å². The normalized spacial score (nSPS) is 14.9. The lowest BCUT2D eigenvalue weighted by atomic mass is 10.2. The molecular formula is C14H12FN5O2S. The number of azide groups is 1. The number of rotatable bonds is 3. The Morgan fingerprint density at radius 2 is 2.26 bits per heavy atom. The molecule has 1 saturated heterocycles. The van der Waals surface area contributed by atoms with Crippen LogP contribution in [0.25, 0.3) is 20.5 Å². The molecule has 3 rings (SSSR count). The lowest BCUT2D eigenvalue weighted by molar-refractivity contribution is -0.126. The molecule has 1 aliphatic rings. The van der Waals surface area contributed by atoms with Crippen LogP contribution in [0, 0.1) is 5.82 Å². The molecule has 1 fully saturated rings. The Morgan fingerprint density at radius 3 is 3.04 bits per heavy atom. The summed E-state index contributed by atoms with van der Waals surface area (Å²) >= 11 is 1.22. The molecular weight excluding hydrogens is 321 g/mol. The van der Waals surface area contributed by atoms with Gasteiger partial charge in [-0.15, -0.1) is 11.3 Å². The first kappa shape index (κ1) is 15.3. The maximum Gasteiger partial charge on any atom is 0.331 e.